The zero-order chi connectivity index (χ0) is 9.97. The molecule has 0 aromatic heterocycles. The Balaban J connectivity index is 2.17. The lowest BCUT2D eigenvalue weighted by Gasteiger charge is -2.10. The first kappa shape index (κ1) is 9.02. The van der Waals surface area contributed by atoms with E-state index >= 15 is 0 Å². The number of rotatable bonds is 2. The molecule has 0 fully saturated rings. The summed E-state index contributed by atoms with van der Waals surface area (Å²) in [7, 11) is 0. The molecule has 0 saturated heterocycles. The van der Waals surface area contributed by atoms with Crippen molar-refractivity contribution in [3.8, 4) is 0 Å². The Hall–Kier alpha value is -1.55. The second kappa shape index (κ2) is 3.67. The Morgan fingerprint density at radius 1 is 1.14 bits per heavy atom. The highest BCUT2D eigenvalue weighted by Crippen LogP contribution is 2.23. The van der Waals surface area contributed by atoms with Gasteiger partial charge in [-0.15, -0.1) is 0 Å². The Morgan fingerprint density at radius 3 is 2.21 bits per heavy atom. The molecule has 0 aliphatic carbocycles. The lowest BCUT2D eigenvalue weighted by molar-refractivity contribution is -0.0245. The van der Waals surface area contributed by atoms with E-state index in [2.05, 4.69) is 0 Å². The number of hydrogen-bond donors (Lipinski definition) is 1. The minimum atomic E-state index is -0.338. The largest absolute Gasteiger partial charge is 0.455 e. The first-order valence-corrected chi connectivity index (χ1v) is 4.54. The number of benzene rings is 1. The van der Waals surface area contributed by atoms with Crippen molar-refractivity contribution in [2.24, 2.45) is 5.73 Å². The molecule has 1 aromatic rings. The topological polar surface area (TPSA) is 44.5 Å². The summed E-state index contributed by atoms with van der Waals surface area (Å²) in [6.45, 7) is 0. The summed E-state index contributed by atoms with van der Waals surface area (Å²) in [5, 5.41) is 0. The molecule has 14 heavy (non-hydrogen) atoms. The third-order valence-corrected chi connectivity index (χ3v) is 2.16. The zero-order valence-corrected chi connectivity index (χ0v) is 8.16. The first-order valence-electron chi connectivity index (χ1n) is 4.13. The molecule has 4 heteroatoms. The van der Waals surface area contributed by atoms with E-state index in [9.17, 15) is 0 Å². The van der Waals surface area contributed by atoms with Crippen molar-refractivity contribution in [1.29, 1.82) is 0 Å². The van der Waals surface area contributed by atoms with Gasteiger partial charge in [-0.2, -0.15) is 0 Å². The van der Waals surface area contributed by atoms with Crippen LogP contribution in [0.5, 0.6) is 0 Å². The van der Waals surface area contributed by atoms with Crippen LogP contribution in [0.3, 0.4) is 0 Å². The molecule has 0 atom stereocenters. The van der Waals surface area contributed by atoms with E-state index in [1.807, 2.05) is 24.3 Å². The maximum Gasteiger partial charge on any atom is 0.266 e. The predicted octanol–water partition coefficient (Wildman–Crippen LogP) is 1.84. The van der Waals surface area contributed by atoms with Crippen LogP contribution in [0, 0.1) is 0 Å². The zero-order valence-electron chi connectivity index (χ0n) is 7.34. The maximum absolute atomic E-state index is 5.47. The molecule has 1 aromatic carbocycles. The van der Waals surface area contributed by atoms with Gasteiger partial charge in [0.25, 0.3) is 6.29 Å². The van der Waals surface area contributed by atoms with Crippen molar-refractivity contribution < 1.29 is 9.47 Å². The van der Waals surface area contributed by atoms with Gasteiger partial charge in [-0.3, -0.25) is 0 Å². The van der Waals surface area contributed by atoms with Gasteiger partial charge < -0.3 is 15.2 Å². The van der Waals surface area contributed by atoms with Gasteiger partial charge in [0.1, 0.15) is 17.5 Å². The Labute approximate surface area is 87.1 Å². The van der Waals surface area contributed by atoms with Crippen molar-refractivity contribution in [2.45, 2.75) is 6.29 Å². The molecule has 72 valence electrons. The van der Waals surface area contributed by atoms with Crippen LogP contribution in [-0.4, -0.2) is 4.99 Å². The van der Waals surface area contributed by atoms with Crippen molar-refractivity contribution in [1.82, 2.24) is 0 Å². The summed E-state index contributed by atoms with van der Waals surface area (Å²) in [4.78, 5) is 0.392. The molecule has 0 unspecified atom stereocenters. The average molecular weight is 207 g/mol. The average Bonchev–Trinajstić information content (AvgIpc) is 2.71. The molecule has 0 bridgehead atoms. The number of thiocarbonyl (C=S) groups is 1. The van der Waals surface area contributed by atoms with Crippen molar-refractivity contribution in [3.05, 3.63) is 47.9 Å². The van der Waals surface area contributed by atoms with Crippen LogP contribution in [-0.2, 0) is 9.47 Å². The monoisotopic (exact) mass is 207 g/mol. The fourth-order valence-corrected chi connectivity index (χ4v) is 1.34. The lowest BCUT2D eigenvalue weighted by atomic mass is 10.1. The fourth-order valence-electron chi connectivity index (χ4n) is 1.20. The molecule has 2 rings (SSSR count). The van der Waals surface area contributed by atoms with Crippen LogP contribution in [0.1, 0.15) is 17.4 Å². The highest BCUT2D eigenvalue weighted by atomic mass is 32.1. The summed E-state index contributed by atoms with van der Waals surface area (Å²) in [5.74, 6) is 0. The molecular weight excluding hydrogens is 198 g/mol. The molecule has 3 nitrogen and oxygen atoms in total. The molecule has 2 N–H and O–H groups in total. The Kier molecular flexibility index (Phi) is 2.37. The van der Waals surface area contributed by atoms with Gasteiger partial charge in [0.2, 0.25) is 0 Å². The van der Waals surface area contributed by atoms with Crippen LogP contribution in [0.4, 0.5) is 0 Å². The first-order chi connectivity index (χ1) is 6.77. The van der Waals surface area contributed by atoms with Gasteiger partial charge in [-0.1, -0.05) is 36.5 Å². The van der Waals surface area contributed by atoms with E-state index in [0.29, 0.717) is 4.99 Å². The Bertz CT molecular complexity index is 364. The molecule has 0 amide bonds. The highest BCUT2D eigenvalue weighted by Gasteiger charge is 2.14. The highest BCUT2D eigenvalue weighted by molar-refractivity contribution is 7.80. The van der Waals surface area contributed by atoms with E-state index in [-0.39, 0.29) is 6.29 Å². The number of ether oxygens (including phenoxy) is 2. The van der Waals surface area contributed by atoms with Crippen LogP contribution < -0.4 is 5.73 Å². The van der Waals surface area contributed by atoms with Gasteiger partial charge in [0, 0.05) is 11.1 Å². The summed E-state index contributed by atoms with van der Waals surface area (Å²) in [5.41, 5.74) is 7.26. The molecule has 0 saturated carbocycles. The predicted molar refractivity (Wildman–Crippen MR) is 56.4 cm³/mol. The van der Waals surface area contributed by atoms with Gasteiger partial charge >= 0.3 is 0 Å². The van der Waals surface area contributed by atoms with E-state index in [0.717, 1.165) is 11.1 Å². The second-order valence-corrected chi connectivity index (χ2v) is 3.30. The van der Waals surface area contributed by atoms with Crippen molar-refractivity contribution >= 4 is 17.2 Å². The van der Waals surface area contributed by atoms with Gasteiger partial charge in [0.15, 0.2) is 0 Å². The third-order valence-electron chi connectivity index (χ3n) is 1.93. The maximum atomic E-state index is 5.47. The molecular formula is C10H9NO2S. The number of hydrogen-bond acceptors (Lipinski definition) is 3. The summed E-state index contributed by atoms with van der Waals surface area (Å²) in [6, 6.07) is 7.46. The van der Waals surface area contributed by atoms with Crippen LogP contribution in [0.25, 0.3) is 0 Å². The number of nitrogens with two attached hydrogens (primary N) is 1. The van der Waals surface area contributed by atoms with E-state index in [1.54, 1.807) is 0 Å². The van der Waals surface area contributed by atoms with Crippen LogP contribution in [0.2, 0.25) is 0 Å². The standard InChI is InChI=1S/C10H9NO2S/c11-9(14)7-1-3-8(4-2-7)10-12-5-6-13-10/h1-6,10H,(H2,11,14). The van der Waals surface area contributed by atoms with Crippen LogP contribution in [0.15, 0.2) is 36.8 Å². The lowest BCUT2D eigenvalue weighted by Crippen LogP contribution is -2.09. The minimum Gasteiger partial charge on any atom is -0.455 e. The Morgan fingerprint density at radius 2 is 1.71 bits per heavy atom. The van der Waals surface area contributed by atoms with E-state index in [4.69, 9.17) is 27.4 Å². The summed E-state index contributed by atoms with van der Waals surface area (Å²) < 4.78 is 10.3. The minimum absolute atomic E-state index is 0.338. The fraction of sp³-hybridized carbons (Fsp3) is 0.100. The van der Waals surface area contributed by atoms with E-state index in [1.165, 1.54) is 12.5 Å². The smallest absolute Gasteiger partial charge is 0.266 e. The van der Waals surface area contributed by atoms with Crippen molar-refractivity contribution in [3.63, 3.8) is 0 Å². The SMILES string of the molecule is NC(=S)c1ccc(C2OC=CO2)cc1. The normalized spacial score (nSPS) is 14.9. The molecule has 0 spiro atoms. The van der Waals surface area contributed by atoms with Crippen molar-refractivity contribution in [2.75, 3.05) is 0 Å². The molecule has 1 aliphatic heterocycles. The molecule has 1 aliphatic rings. The quantitative estimate of drug-likeness (QED) is 0.751. The third kappa shape index (κ3) is 1.70. The van der Waals surface area contributed by atoms with Gasteiger partial charge in [-0.25, -0.2) is 0 Å². The molecule has 1 heterocycles. The van der Waals surface area contributed by atoms with Gasteiger partial charge in [-0.05, 0) is 0 Å². The van der Waals surface area contributed by atoms with E-state index < -0.39 is 0 Å². The summed E-state index contributed by atoms with van der Waals surface area (Å²) >= 11 is 4.84. The summed E-state index contributed by atoms with van der Waals surface area (Å²) in [6.07, 6.45) is 2.70. The second-order valence-electron chi connectivity index (χ2n) is 2.86. The van der Waals surface area contributed by atoms with Gasteiger partial charge in [0.05, 0.1) is 0 Å². The van der Waals surface area contributed by atoms with Crippen LogP contribution >= 0.6 is 12.2 Å². The molecule has 0 radical (unpaired) electrons.